The van der Waals surface area contributed by atoms with Crippen molar-refractivity contribution in [3.63, 3.8) is 0 Å². The van der Waals surface area contributed by atoms with Crippen LogP contribution >= 0.6 is 0 Å². The number of benzene rings is 1. The van der Waals surface area contributed by atoms with Gasteiger partial charge in [0.05, 0.1) is 12.7 Å². The number of aliphatic hydroxyl groups is 1. The third-order valence-corrected chi connectivity index (χ3v) is 3.53. The quantitative estimate of drug-likeness (QED) is 0.745. The Morgan fingerprint density at radius 3 is 2.45 bits per heavy atom. The van der Waals surface area contributed by atoms with Crippen LogP contribution in [-0.2, 0) is 11.8 Å². The van der Waals surface area contributed by atoms with Crippen LogP contribution in [0.4, 0.5) is 0 Å². The van der Waals surface area contributed by atoms with E-state index in [0.717, 1.165) is 38.0 Å². The Labute approximate surface area is 124 Å². The minimum Gasteiger partial charge on any atom is -0.493 e. The van der Waals surface area contributed by atoms with Gasteiger partial charge in [0.2, 0.25) is 0 Å². The molecule has 0 heterocycles. The molecular weight excluding hydrogens is 248 g/mol. The number of hydrogen-bond donors (Lipinski definition) is 1. The van der Waals surface area contributed by atoms with Crippen LogP contribution < -0.4 is 4.74 Å². The Morgan fingerprint density at radius 2 is 1.90 bits per heavy atom. The molecule has 0 aliphatic rings. The zero-order valence-electron chi connectivity index (χ0n) is 13.7. The average Bonchev–Trinajstić information content (AvgIpc) is 2.37. The van der Waals surface area contributed by atoms with Gasteiger partial charge >= 0.3 is 0 Å². The number of aryl methyl sites for hydroxylation is 1. The number of aliphatic hydroxyl groups excluding tert-OH is 1. The normalized spacial score (nSPS) is 13.3. The van der Waals surface area contributed by atoms with E-state index in [4.69, 9.17) is 4.74 Å². The zero-order valence-corrected chi connectivity index (χ0v) is 13.7. The first-order valence-electron chi connectivity index (χ1n) is 7.79. The number of hydrogen-bond acceptors (Lipinski definition) is 2. The van der Waals surface area contributed by atoms with Crippen molar-refractivity contribution in [2.75, 3.05) is 6.61 Å². The molecule has 2 heteroatoms. The summed E-state index contributed by atoms with van der Waals surface area (Å²) in [5.41, 5.74) is 2.74. The summed E-state index contributed by atoms with van der Waals surface area (Å²) in [5, 5.41) is 9.24. The molecule has 0 saturated carbocycles. The van der Waals surface area contributed by atoms with E-state index in [9.17, 15) is 5.11 Å². The van der Waals surface area contributed by atoms with Crippen molar-refractivity contribution >= 4 is 0 Å². The molecule has 1 N–H and O–H groups in total. The van der Waals surface area contributed by atoms with Gasteiger partial charge in [-0.2, -0.15) is 0 Å². The molecule has 0 saturated heterocycles. The first kappa shape index (κ1) is 17.0. The van der Waals surface area contributed by atoms with Crippen molar-refractivity contribution in [1.82, 2.24) is 0 Å². The van der Waals surface area contributed by atoms with Crippen LogP contribution in [0.3, 0.4) is 0 Å². The molecule has 0 spiro atoms. The zero-order chi connectivity index (χ0) is 15.2. The fraction of sp³-hybridized carbons (Fsp3) is 0.667. The molecule has 2 nitrogen and oxygen atoms in total. The van der Waals surface area contributed by atoms with E-state index in [2.05, 4.69) is 45.9 Å². The fourth-order valence-corrected chi connectivity index (χ4v) is 2.23. The van der Waals surface area contributed by atoms with Gasteiger partial charge in [0.1, 0.15) is 5.75 Å². The molecule has 0 fully saturated rings. The highest BCUT2D eigenvalue weighted by Gasteiger charge is 2.19. The fourth-order valence-electron chi connectivity index (χ4n) is 2.23. The van der Waals surface area contributed by atoms with Crippen LogP contribution in [0.1, 0.15) is 65.0 Å². The van der Waals surface area contributed by atoms with Crippen molar-refractivity contribution in [3.05, 3.63) is 29.3 Å². The lowest BCUT2D eigenvalue weighted by molar-refractivity contribution is 0.177. The van der Waals surface area contributed by atoms with Gasteiger partial charge in [0.25, 0.3) is 0 Å². The molecule has 1 rings (SSSR count). The summed E-state index contributed by atoms with van der Waals surface area (Å²) >= 11 is 0. The van der Waals surface area contributed by atoms with Crippen LogP contribution in [0.25, 0.3) is 0 Å². The predicted octanol–water partition coefficient (Wildman–Crippen LogP) is 4.48. The topological polar surface area (TPSA) is 29.5 Å². The van der Waals surface area contributed by atoms with Gasteiger partial charge in [-0.25, -0.2) is 0 Å². The highest BCUT2D eigenvalue weighted by atomic mass is 16.5. The van der Waals surface area contributed by atoms with Gasteiger partial charge in [-0.3, -0.25) is 0 Å². The van der Waals surface area contributed by atoms with E-state index in [-0.39, 0.29) is 11.5 Å². The molecule has 1 unspecified atom stereocenters. The Hall–Kier alpha value is -1.02. The second-order valence-electron chi connectivity index (χ2n) is 6.63. The Kier molecular flexibility index (Phi) is 6.54. The Bertz CT molecular complexity index is 402. The molecule has 20 heavy (non-hydrogen) atoms. The van der Waals surface area contributed by atoms with Gasteiger partial charge < -0.3 is 9.84 Å². The third kappa shape index (κ3) is 5.54. The van der Waals surface area contributed by atoms with Gasteiger partial charge in [0.15, 0.2) is 0 Å². The van der Waals surface area contributed by atoms with E-state index in [0.29, 0.717) is 0 Å². The molecule has 0 radical (unpaired) electrons. The van der Waals surface area contributed by atoms with E-state index < -0.39 is 0 Å². The van der Waals surface area contributed by atoms with Crippen molar-refractivity contribution in [1.29, 1.82) is 0 Å². The summed E-state index contributed by atoms with van der Waals surface area (Å²) in [5.74, 6) is 1.01. The maximum Gasteiger partial charge on any atom is 0.123 e. The van der Waals surface area contributed by atoms with Crippen LogP contribution in [-0.4, -0.2) is 17.8 Å². The highest BCUT2D eigenvalue weighted by molar-refractivity contribution is 5.41. The molecule has 0 amide bonds. The second-order valence-corrected chi connectivity index (χ2v) is 6.63. The first-order chi connectivity index (χ1) is 9.34. The molecule has 1 aromatic carbocycles. The van der Waals surface area contributed by atoms with Crippen molar-refractivity contribution in [3.8, 4) is 5.75 Å². The molecule has 114 valence electrons. The minimum absolute atomic E-state index is 0.0973. The predicted molar refractivity (Wildman–Crippen MR) is 85.5 cm³/mol. The molecule has 1 atom stereocenters. The molecular formula is C18H30O2. The van der Waals surface area contributed by atoms with E-state index in [1.54, 1.807) is 0 Å². The largest absolute Gasteiger partial charge is 0.493 e. The van der Waals surface area contributed by atoms with Crippen molar-refractivity contribution in [2.45, 2.75) is 71.8 Å². The summed E-state index contributed by atoms with van der Waals surface area (Å²) in [7, 11) is 0. The van der Waals surface area contributed by atoms with Crippen LogP contribution in [0.5, 0.6) is 5.75 Å². The van der Waals surface area contributed by atoms with Gasteiger partial charge in [-0.1, -0.05) is 39.8 Å². The average molecular weight is 278 g/mol. The first-order valence-corrected chi connectivity index (χ1v) is 7.79. The van der Waals surface area contributed by atoms with Crippen molar-refractivity contribution < 1.29 is 9.84 Å². The summed E-state index contributed by atoms with van der Waals surface area (Å²) < 4.78 is 5.96. The monoisotopic (exact) mass is 278 g/mol. The number of ether oxygens (including phenoxy) is 1. The number of rotatable bonds is 7. The Morgan fingerprint density at radius 1 is 1.20 bits per heavy atom. The number of unbranched alkanes of at least 4 members (excludes halogenated alkanes) is 1. The smallest absolute Gasteiger partial charge is 0.123 e. The lowest BCUT2D eigenvalue weighted by Gasteiger charge is -2.23. The Balaban J connectivity index is 2.65. The third-order valence-electron chi connectivity index (χ3n) is 3.53. The van der Waals surface area contributed by atoms with Gasteiger partial charge in [-0.05, 0) is 55.2 Å². The maximum absolute atomic E-state index is 9.24. The SMILES string of the molecule is CCc1ccc(OCCCCC(C)O)c(C(C)(C)C)c1. The lowest BCUT2D eigenvalue weighted by Crippen LogP contribution is -2.14. The maximum atomic E-state index is 9.24. The van der Waals surface area contributed by atoms with E-state index >= 15 is 0 Å². The highest BCUT2D eigenvalue weighted by Crippen LogP contribution is 2.32. The van der Waals surface area contributed by atoms with E-state index in [1.807, 2.05) is 6.92 Å². The summed E-state index contributed by atoms with van der Waals surface area (Å²) in [6.45, 7) is 11.4. The summed E-state index contributed by atoms with van der Waals surface area (Å²) in [6.07, 6.45) is 3.70. The standard InChI is InChI=1S/C18H30O2/c1-6-15-10-11-17(16(13-15)18(3,4)5)20-12-8-7-9-14(2)19/h10-11,13-14,19H,6-9,12H2,1-5H3. The van der Waals surface area contributed by atoms with Gasteiger partial charge in [-0.15, -0.1) is 0 Å². The van der Waals surface area contributed by atoms with Crippen LogP contribution in [0.2, 0.25) is 0 Å². The molecule has 0 aromatic heterocycles. The minimum atomic E-state index is -0.205. The second kappa shape index (κ2) is 7.68. The lowest BCUT2D eigenvalue weighted by atomic mass is 9.85. The summed E-state index contributed by atoms with van der Waals surface area (Å²) in [6, 6.07) is 6.53. The molecule has 0 aliphatic heterocycles. The van der Waals surface area contributed by atoms with Gasteiger partial charge in [0, 0.05) is 0 Å². The molecule has 0 aliphatic carbocycles. The van der Waals surface area contributed by atoms with E-state index in [1.165, 1.54) is 11.1 Å². The van der Waals surface area contributed by atoms with Crippen LogP contribution in [0.15, 0.2) is 18.2 Å². The molecule has 0 bridgehead atoms. The van der Waals surface area contributed by atoms with Crippen molar-refractivity contribution in [2.24, 2.45) is 0 Å². The van der Waals surface area contributed by atoms with Crippen LogP contribution in [0, 0.1) is 0 Å². The molecule has 1 aromatic rings. The summed E-state index contributed by atoms with van der Waals surface area (Å²) in [4.78, 5) is 0.